The van der Waals surface area contributed by atoms with Gasteiger partial charge in [0.05, 0.1) is 16.0 Å². The summed E-state index contributed by atoms with van der Waals surface area (Å²) in [6.07, 6.45) is 3.66. The summed E-state index contributed by atoms with van der Waals surface area (Å²) in [5.74, 6) is 0.256. The lowest BCUT2D eigenvalue weighted by molar-refractivity contribution is 0.102. The molecule has 0 radical (unpaired) electrons. The van der Waals surface area contributed by atoms with E-state index in [1.807, 2.05) is 43.1 Å². The van der Waals surface area contributed by atoms with Crippen LogP contribution < -0.4 is 5.32 Å². The van der Waals surface area contributed by atoms with Gasteiger partial charge in [0.25, 0.3) is 15.9 Å². The fourth-order valence-corrected chi connectivity index (χ4v) is 5.00. The van der Waals surface area contributed by atoms with Crippen LogP contribution in [0.5, 0.6) is 0 Å². The predicted molar refractivity (Wildman–Crippen MR) is 127 cm³/mol. The maximum Gasteiger partial charge on any atom is 0.284 e. The zero-order valence-electron chi connectivity index (χ0n) is 18.2. The van der Waals surface area contributed by atoms with E-state index >= 15 is 0 Å². The van der Waals surface area contributed by atoms with Crippen molar-refractivity contribution in [3.05, 3.63) is 65.9 Å². The van der Waals surface area contributed by atoms with Crippen molar-refractivity contribution < 1.29 is 13.2 Å². The number of hydrogen-bond donors (Lipinski definition) is 1. The number of pyridine rings is 1. The van der Waals surface area contributed by atoms with Crippen LogP contribution in [0, 0.1) is 6.92 Å². The Labute approximate surface area is 188 Å². The van der Waals surface area contributed by atoms with Crippen LogP contribution in [0.25, 0.3) is 10.9 Å². The number of sulfonamides is 1. The van der Waals surface area contributed by atoms with Gasteiger partial charge in [-0.3, -0.25) is 9.78 Å². The van der Waals surface area contributed by atoms with Crippen molar-refractivity contribution in [3.8, 4) is 0 Å². The van der Waals surface area contributed by atoms with Crippen LogP contribution in [0.2, 0.25) is 0 Å². The topological polar surface area (TPSA) is 91.7 Å². The first-order valence-electron chi connectivity index (χ1n) is 10.7. The van der Waals surface area contributed by atoms with Gasteiger partial charge in [-0.2, -0.15) is 8.42 Å². The maximum absolute atomic E-state index is 13.0. The monoisotopic (exact) mass is 450 g/mol. The molecule has 2 heterocycles. The summed E-state index contributed by atoms with van der Waals surface area (Å²) in [5, 5.41) is 3.56. The van der Waals surface area contributed by atoms with Crippen LogP contribution in [0.15, 0.2) is 63.9 Å². The van der Waals surface area contributed by atoms with Gasteiger partial charge < -0.3 is 10.2 Å². The van der Waals surface area contributed by atoms with E-state index in [4.69, 9.17) is 0 Å². The number of carbonyl (C=O) groups excluding carboxylic acids is 1. The van der Waals surface area contributed by atoms with Gasteiger partial charge >= 0.3 is 0 Å². The zero-order chi connectivity index (χ0) is 22.7. The molecule has 32 heavy (non-hydrogen) atoms. The predicted octanol–water partition coefficient (Wildman–Crippen LogP) is 4.39. The van der Waals surface area contributed by atoms with Crippen molar-refractivity contribution in [1.82, 2.24) is 9.88 Å². The molecule has 1 aliphatic heterocycles. The third-order valence-electron chi connectivity index (χ3n) is 5.54. The standard InChI is InChI=1S/C24H26N4O3S/c1-17-15-21(20-11-5-6-12-22(20)25-17)24(29)26-18-9-8-10-19(16-18)32(30,31)27-23-13-4-3-7-14-28(23)2/h5-6,8-12,15-16H,3-4,7,13-14H2,1-2H3,(H,26,29)/b27-23-. The Morgan fingerprint density at radius 2 is 1.88 bits per heavy atom. The Bertz CT molecular complexity index is 1300. The molecule has 1 N–H and O–H groups in total. The second-order valence-corrected chi connectivity index (χ2v) is 9.63. The van der Waals surface area contributed by atoms with Gasteiger partial charge in [0, 0.05) is 36.8 Å². The highest BCUT2D eigenvalue weighted by molar-refractivity contribution is 7.90. The number of benzene rings is 2. The Kier molecular flexibility index (Phi) is 6.23. The van der Waals surface area contributed by atoms with Crippen LogP contribution >= 0.6 is 0 Å². The molecule has 3 aromatic rings. The summed E-state index contributed by atoms with van der Waals surface area (Å²) in [4.78, 5) is 19.4. The summed E-state index contributed by atoms with van der Waals surface area (Å²) in [7, 11) is -2.02. The van der Waals surface area contributed by atoms with Gasteiger partial charge in [0.15, 0.2) is 0 Å². The molecular formula is C24H26N4O3S. The van der Waals surface area contributed by atoms with Crippen LogP contribution in [-0.2, 0) is 10.0 Å². The molecular weight excluding hydrogens is 424 g/mol. The Morgan fingerprint density at radius 1 is 1.06 bits per heavy atom. The quantitative estimate of drug-likeness (QED) is 0.637. The molecule has 1 aromatic heterocycles. The minimum Gasteiger partial charge on any atom is -0.362 e. The van der Waals surface area contributed by atoms with E-state index in [0.29, 0.717) is 23.5 Å². The highest BCUT2D eigenvalue weighted by Crippen LogP contribution is 2.23. The average Bonchev–Trinajstić information content (AvgIpc) is 2.97. The first kappa shape index (κ1) is 22.0. The van der Waals surface area contributed by atoms with Gasteiger partial charge in [-0.1, -0.05) is 30.7 Å². The van der Waals surface area contributed by atoms with E-state index in [0.717, 1.165) is 42.4 Å². The molecule has 0 spiro atoms. The fourth-order valence-electron chi connectivity index (χ4n) is 3.86. The van der Waals surface area contributed by atoms with E-state index < -0.39 is 10.0 Å². The van der Waals surface area contributed by atoms with Crippen LogP contribution in [-0.4, -0.2) is 43.6 Å². The second-order valence-electron chi connectivity index (χ2n) is 8.03. The molecule has 166 valence electrons. The SMILES string of the molecule is Cc1cc(C(=O)Nc2cccc(S(=O)(=O)/N=C3/CCCCCN3C)c2)c2ccccc2n1. The lowest BCUT2D eigenvalue weighted by Gasteiger charge is -2.17. The van der Waals surface area contributed by atoms with Crippen LogP contribution in [0.4, 0.5) is 5.69 Å². The number of hydrogen-bond acceptors (Lipinski definition) is 4. The van der Waals surface area contributed by atoms with Crippen molar-refractivity contribution in [1.29, 1.82) is 0 Å². The average molecular weight is 451 g/mol. The minimum absolute atomic E-state index is 0.0520. The first-order chi connectivity index (χ1) is 15.3. The molecule has 8 heteroatoms. The second kappa shape index (κ2) is 9.08. The number of fused-ring (bicyclic) bond motifs is 1. The number of likely N-dealkylation sites (tertiary alicyclic amines) is 1. The van der Waals surface area contributed by atoms with Gasteiger partial charge in [0.1, 0.15) is 5.84 Å². The number of amidine groups is 1. The summed E-state index contributed by atoms with van der Waals surface area (Å²) < 4.78 is 30.0. The molecule has 1 amide bonds. The number of aromatic nitrogens is 1. The molecule has 0 saturated carbocycles. The number of carbonyl (C=O) groups is 1. The highest BCUT2D eigenvalue weighted by Gasteiger charge is 2.19. The lowest BCUT2D eigenvalue weighted by Crippen LogP contribution is -2.26. The first-order valence-corrected chi connectivity index (χ1v) is 12.1. The summed E-state index contributed by atoms with van der Waals surface area (Å²) >= 11 is 0. The molecule has 1 aliphatic rings. The van der Waals surface area contributed by atoms with Crippen molar-refractivity contribution in [2.75, 3.05) is 18.9 Å². The molecule has 1 saturated heterocycles. The zero-order valence-corrected chi connectivity index (χ0v) is 19.0. The molecule has 7 nitrogen and oxygen atoms in total. The van der Waals surface area contributed by atoms with E-state index in [-0.39, 0.29) is 10.8 Å². The van der Waals surface area contributed by atoms with Crippen molar-refractivity contribution in [2.45, 2.75) is 37.5 Å². The van der Waals surface area contributed by atoms with Crippen molar-refractivity contribution in [2.24, 2.45) is 4.40 Å². The van der Waals surface area contributed by atoms with Gasteiger partial charge in [0.2, 0.25) is 0 Å². The van der Waals surface area contributed by atoms with Crippen molar-refractivity contribution >= 4 is 38.4 Å². The summed E-state index contributed by atoms with van der Waals surface area (Å²) in [6.45, 7) is 2.63. The normalized spacial score (nSPS) is 16.2. The molecule has 0 unspecified atom stereocenters. The summed E-state index contributed by atoms with van der Waals surface area (Å²) in [5.41, 5.74) is 2.34. The third-order valence-corrected chi connectivity index (χ3v) is 6.84. The number of nitrogens with zero attached hydrogens (tertiary/aromatic N) is 3. The molecule has 0 aliphatic carbocycles. The maximum atomic E-state index is 13.0. The molecule has 0 bridgehead atoms. The van der Waals surface area contributed by atoms with Crippen LogP contribution in [0.1, 0.15) is 41.7 Å². The third kappa shape index (κ3) is 4.80. The lowest BCUT2D eigenvalue weighted by atomic mass is 10.1. The fraction of sp³-hybridized carbons (Fsp3) is 0.292. The van der Waals surface area contributed by atoms with Gasteiger partial charge in [-0.25, -0.2) is 0 Å². The van der Waals surface area contributed by atoms with Crippen LogP contribution in [0.3, 0.4) is 0 Å². The Hall–Kier alpha value is -3.26. The Morgan fingerprint density at radius 3 is 2.72 bits per heavy atom. The van der Waals surface area contributed by atoms with Gasteiger partial charge in [-0.15, -0.1) is 4.40 Å². The molecule has 0 atom stereocenters. The molecule has 1 fully saturated rings. The highest BCUT2D eigenvalue weighted by atomic mass is 32.2. The van der Waals surface area contributed by atoms with Gasteiger partial charge in [-0.05, 0) is 50.1 Å². The number of nitrogens with one attached hydrogen (secondary N) is 1. The summed E-state index contributed by atoms with van der Waals surface area (Å²) in [6, 6.07) is 15.4. The Balaban J connectivity index is 1.62. The van der Waals surface area contributed by atoms with E-state index in [9.17, 15) is 13.2 Å². The molecule has 4 rings (SSSR count). The van der Waals surface area contributed by atoms with E-state index in [2.05, 4.69) is 14.7 Å². The minimum atomic E-state index is -3.89. The van der Waals surface area contributed by atoms with E-state index in [1.54, 1.807) is 18.2 Å². The van der Waals surface area contributed by atoms with E-state index in [1.165, 1.54) is 12.1 Å². The number of aryl methyl sites for hydroxylation is 1. The smallest absolute Gasteiger partial charge is 0.284 e. The number of para-hydroxylation sites is 1. The largest absolute Gasteiger partial charge is 0.362 e. The number of rotatable bonds is 4. The number of amides is 1. The molecule has 2 aromatic carbocycles. The van der Waals surface area contributed by atoms with Crippen molar-refractivity contribution in [3.63, 3.8) is 0 Å². The number of anilines is 1.